The summed E-state index contributed by atoms with van der Waals surface area (Å²) in [7, 11) is -3.65. The van der Waals surface area contributed by atoms with E-state index in [1.807, 2.05) is 0 Å². The van der Waals surface area contributed by atoms with E-state index in [-0.39, 0.29) is 15.5 Å². The number of carbonyl (C=O) groups excluding carboxylic acids is 1. The van der Waals surface area contributed by atoms with Crippen molar-refractivity contribution in [3.8, 4) is 0 Å². The molecular formula is C17H20ClN3O3S. The highest BCUT2D eigenvalue weighted by Gasteiger charge is 2.23. The van der Waals surface area contributed by atoms with E-state index in [0.717, 1.165) is 5.56 Å². The first-order valence-electron chi connectivity index (χ1n) is 7.87. The highest BCUT2D eigenvalue weighted by atomic mass is 35.5. The summed E-state index contributed by atoms with van der Waals surface area (Å²) in [6.07, 6.45) is 3.26. The predicted octanol–water partition coefficient (Wildman–Crippen LogP) is 2.70. The molecule has 0 aliphatic rings. The van der Waals surface area contributed by atoms with Crippen molar-refractivity contribution in [3.63, 3.8) is 0 Å². The van der Waals surface area contributed by atoms with Crippen LogP contribution in [0.2, 0.25) is 5.02 Å². The van der Waals surface area contributed by atoms with E-state index in [2.05, 4.69) is 10.3 Å². The molecule has 25 heavy (non-hydrogen) atoms. The fourth-order valence-corrected chi connectivity index (χ4v) is 4.02. The van der Waals surface area contributed by atoms with Gasteiger partial charge >= 0.3 is 0 Å². The first kappa shape index (κ1) is 19.4. The maximum atomic E-state index is 12.6. The number of nitrogens with one attached hydrogen (secondary N) is 1. The van der Waals surface area contributed by atoms with Crippen molar-refractivity contribution in [2.45, 2.75) is 25.3 Å². The molecule has 1 amide bonds. The number of carbonyl (C=O) groups is 1. The zero-order valence-corrected chi connectivity index (χ0v) is 15.6. The molecule has 1 N–H and O–H groups in total. The number of hydrogen-bond donors (Lipinski definition) is 1. The van der Waals surface area contributed by atoms with Crippen LogP contribution in [-0.2, 0) is 16.6 Å². The Kier molecular flexibility index (Phi) is 6.52. The molecule has 1 aromatic carbocycles. The van der Waals surface area contributed by atoms with Gasteiger partial charge in [0.2, 0.25) is 10.0 Å². The van der Waals surface area contributed by atoms with E-state index in [9.17, 15) is 13.2 Å². The second-order valence-corrected chi connectivity index (χ2v) is 7.61. The van der Waals surface area contributed by atoms with Gasteiger partial charge in [-0.3, -0.25) is 9.78 Å². The lowest BCUT2D eigenvalue weighted by atomic mass is 10.2. The van der Waals surface area contributed by atoms with Gasteiger partial charge in [-0.05, 0) is 35.9 Å². The average Bonchev–Trinajstić information content (AvgIpc) is 2.61. The van der Waals surface area contributed by atoms with Gasteiger partial charge in [0.05, 0.1) is 15.5 Å². The van der Waals surface area contributed by atoms with Crippen molar-refractivity contribution in [1.29, 1.82) is 0 Å². The predicted molar refractivity (Wildman–Crippen MR) is 97.0 cm³/mol. The zero-order valence-electron chi connectivity index (χ0n) is 14.1. The number of benzene rings is 1. The van der Waals surface area contributed by atoms with Gasteiger partial charge < -0.3 is 5.32 Å². The number of hydrogen-bond acceptors (Lipinski definition) is 4. The summed E-state index contributed by atoms with van der Waals surface area (Å²) in [5, 5.41) is 2.93. The number of sulfonamides is 1. The Labute approximate surface area is 152 Å². The van der Waals surface area contributed by atoms with Gasteiger partial charge in [0.15, 0.2) is 0 Å². The minimum atomic E-state index is -3.65. The van der Waals surface area contributed by atoms with Crippen LogP contribution in [0.5, 0.6) is 0 Å². The first-order valence-corrected chi connectivity index (χ1v) is 9.68. The number of pyridine rings is 1. The topological polar surface area (TPSA) is 79.4 Å². The van der Waals surface area contributed by atoms with Crippen LogP contribution in [0, 0.1) is 0 Å². The molecule has 0 unspecified atom stereocenters. The van der Waals surface area contributed by atoms with Gasteiger partial charge in [-0.25, -0.2) is 8.42 Å². The van der Waals surface area contributed by atoms with E-state index in [0.29, 0.717) is 19.6 Å². The summed E-state index contributed by atoms with van der Waals surface area (Å²) in [6.45, 7) is 4.53. The molecule has 0 saturated carbocycles. The van der Waals surface area contributed by atoms with Gasteiger partial charge in [-0.15, -0.1) is 0 Å². The molecule has 1 heterocycles. The number of nitrogens with zero attached hydrogens (tertiary/aromatic N) is 2. The molecule has 2 rings (SSSR count). The van der Waals surface area contributed by atoms with Gasteiger partial charge in [0.1, 0.15) is 0 Å². The maximum Gasteiger partial charge on any atom is 0.253 e. The number of aromatic nitrogens is 1. The third-order valence-electron chi connectivity index (χ3n) is 3.73. The van der Waals surface area contributed by atoms with Crippen molar-refractivity contribution < 1.29 is 13.2 Å². The summed E-state index contributed by atoms with van der Waals surface area (Å²) in [5.74, 6) is -0.432. The summed E-state index contributed by atoms with van der Waals surface area (Å²) in [5.41, 5.74) is 1.01. The smallest absolute Gasteiger partial charge is 0.253 e. The SMILES string of the molecule is CCN(CC)S(=O)(=O)c1ccc(Cl)c(C(=O)NCc2ccncc2)c1. The number of rotatable bonds is 7. The van der Waals surface area contributed by atoms with Crippen LogP contribution in [-0.4, -0.2) is 36.7 Å². The molecule has 0 spiro atoms. The van der Waals surface area contributed by atoms with Gasteiger partial charge in [-0.1, -0.05) is 25.4 Å². The van der Waals surface area contributed by atoms with Gasteiger partial charge in [-0.2, -0.15) is 4.31 Å². The molecule has 8 heteroatoms. The minimum Gasteiger partial charge on any atom is -0.348 e. The lowest BCUT2D eigenvalue weighted by Crippen LogP contribution is -2.31. The van der Waals surface area contributed by atoms with E-state index in [1.54, 1.807) is 38.4 Å². The molecule has 0 atom stereocenters. The summed E-state index contributed by atoms with van der Waals surface area (Å²) >= 11 is 6.09. The van der Waals surface area contributed by atoms with Crippen LogP contribution in [0.15, 0.2) is 47.6 Å². The van der Waals surface area contributed by atoms with Crippen molar-refractivity contribution in [2.75, 3.05) is 13.1 Å². The summed E-state index contributed by atoms with van der Waals surface area (Å²) in [6, 6.07) is 7.72. The highest BCUT2D eigenvalue weighted by Crippen LogP contribution is 2.23. The van der Waals surface area contributed by atoms with Crippen LogP contribution in [0.1, 0.15) is 29.8 Å². The van der Waals surface area contributed by atoms with Crippen molar-refractivity contribution in [3.05, 3.63) is 58.9 Å². The summed E-state index contributed by atoms with van der Waals surface area (Å²) < 4.78 is 26.5. The Hall–Kier alpha value is -1.96. The molecule has 0 bridgehead atoms. The number of halogens is 1. The normalized spacial score (nSPS) is 11.5. The fraction of sp³-hybridized carbons (Fsp3) is 0.294. The Morgan fingerprint density at radius 3 is 2.40 bits per heavy atom. The summed E-state index contributed by atoms with van der Waals surface area (Å²) in [4.78, 5) is 16.4. The monoisotopic (exact) mass is 381 g/mol. The van der Waals surface area contributed by atoms with E-state index >= 15 is 0 Å². The van der Waals surface area contributed by atoms with Crippen LogP contribution in [0.25, 0.3) is 0 Å². The van der Waals surface area contributed by atoms with Crippen LogP contribution >= 0.6 is 11.6 Å². The van der Waals surface area contributed by atoms with Crippen LogP contribution < -0.4 is 5.32 Å². The standard InChI is InChI=1S/C17H20ClN3O3S/c1-3-21(4-2)25(23,24)14-5-6-16(18)15(11-14)17(22)20-12-13-7-9-19-10-8-13/h5-11H,3-4,12H2,1-2H3,(H,20,22). The first-order chi connectivity index (χ1) is 11.9. The molecule has 0 radical (unpaired) electrons. The molecule has 6 nitrogen and oxygen atoms in total. The minimum absolute atomic E-state index is 0.0506. The fourth-order valence-electron chi connectivity index (χ4n) is 2.33. The third-order valence-corrected chi connectivity index (χ3v) is 6.10. The lowest BCUT2D eigenvalue weighted by Gasteiger charge is -2.19. The Morgan fingerprint density at radius 2 is 1.80 bits per heavy atom. The molecule has 0 aliphatic heterocycles. The average molecular weight is 382 g/mol. The van der Waals surface area contributed by atoms with Crippen molar-refractivity contribution >= 4 is 27.5 Å². The largest absolute Gasteiger partial charge is 0.348 e. The third kappa shape index (κ3) is 4.56. The molecule has 1 aromatic heterocycles. The van der Waals surface area contributed by atoms with Crippen molar-refractivity contribution in [1.82, 2.24) is 14.6 Å². The molecular weight excluding hydrogens is 362 g/mol. The van der Waals surface area contributed by atoms with E-state index in [1.165, 1.54) is 22.5 Å². The maximum absolute atomic E-state index is 12.6. The second kappa shape index (κ2) is 8.42. The van der Waals surface area contributed by atoms with E-state index < -0.39 is 15.9 Å². The quantitative estimate of drug-likeness (QED) is 0.799. The number of amides is 1. The zero-order chi connectivity index (χ0) is 18.4. The molecule has 0 aliphatic carbocycles. The highest BCUT2D eigenvalue weighted by molar-refractivity contribution is 7.89. The van der Waals surface area contributed by atoms with Gasteiger partial charge in [0, 0.05) is 32.0 Å². The molecule has 134 valence electrons. The Balaban J connectivity index is 2.25. The van der Waals surface area contributed by atoms with Crippen LogP contribution in [0.3, 0.4) is 0 Å². The van der Waals surface area contributed by atoms with Gasteiger partial charge in [0.25, 0.3) is 5.91 Å². The Morgan fingerprint density at radius 1 is 1.16 bits per heavy atom. The second-order valence-electron chi connectivity index (χ2n) is 5.27. The molecule has 2 aromatic rings. The van der Waals surface area contributed by atoms with Crippen LogP contribution in [0.4, 0.5) is 0 Å². The van der Waals surface area contributed by atoms with Crippen molar-refractivity contribution in [2.24, 2.45) is 0 Å². The van der Waals surface area contributed by atoms with E-state index in [4.69, 9.17) is 11.6 Å². The molecule has 0 fully saturated rings. The Bertz CT molecular complexity index is 837. The lowest BCUT2D eigenvalue weighted by molar-refractivity contribution is 0.0951. The molecule has 0 saturated heterocycles.